The maximum Gasteiger partial charge on any atom is 0.214 e. The molecule has 1 rings (SSSR count). The van der Waals surface area contributed by atoms with Crippen molar-refractivity contribution in [3.63, 3.8) is 0 Å². The van der Waals surface area contributed by atoms with Gasteiger partial charge in [-0.25, -0.2) is 0 Å². The molecule has 0 amide bonds. The first kappa shape index (κ1) is 10.2. The molecule has 0 saturated heterocycles. The van der Waals surface area contributed by atoms with Crippen molar-refractivity contribution in [1.82, 2.24) is 4.90 Å². The highest BCUT2D eigenvalue weighted by atomic mass is 35.6. The first-order valence-electron chi connectivity index (χ1n) is 3.73. The summed E-state index contributed by atoms with van der Waals surface area (Å²) in [5.74, 6) is 0. The molecule has 12 heavy (non-hydrogen) atoms. The van der Waals surface area contributed by atoms with Gasteiger partial charge in [0.15, 0.2) is 0 Å². The molecular formula is C8H10Cl3N. The van der Waals surface area contributed by atoms with Gasteiger partial charge in [-0.2, -0.15) is 0 Å². The van der Waals surface area contributed by atoms with Gasteiger partial charge in [-0.3, -0.25) is 0 Å². The van der Waals surface area contributed by atoms with Crippen LogP contribution < -0.4 is 0 Å². The molecule has 1 aliphatic heterocycles. The summed E-state index contributed by atoms with van der Waals surface area (Å²) in [5.41, 5.74) is 0. The van der Waals surface area contributed by atoms with Gasteiger partial charge >= 0.3 is 0 Å². The maximum atomic E-state index is 5.79. The molecule has 0 fully saturated rings. The van der Waals surface area contributed by atoms with Crippen LogP contribution in [-0.4, -0.2) is 21.3 Å². The van der Waals surface area contributed by atoms with E-state index in [1.165, 1.54) is 0 Å². The Morgan fingerprint density at radius 3 is 2.42 bits per heavy atom. The van der Waals surface area contributed by atoms with Crippen molar-refractivity contribution in [2.45, 2.75) is 16.8 Å². The van der Waals surface area contributed by atoms with E-state index in [1.54, 1.807) is 0 Å². The third kappa shape index (κ3) is 2.32. The van der Waals surface area contributed by atoms with Crippen LogP contribution >= 0.6 is 34.8 Å². The van der Waals surface area contributed by atoms with Crippen LogP contribution in [0.1, 0.15) is 6.92 Å². The average Bonchev–Trinajstić information content (AvgIpc) is 2.03. The highest BCUT2D eigenvalue weighted by molar-refractivity contribution is 6.68. The van der Waals surface area contributed by atoms with Crippen LogP contribution in [0.5, 0.6) is 0 Å². The number of hydrogen-bond acceptors (Lipinski definition) is 1. The number of rotatable bonds is 1. The molecule has 0 aliphatic carbocycles. The largest absolute Gasteiger partial charge is 0.367 e. The Morgan fingerprint density at radius 1 is 1.33 bits per heavy atom. The lowest BCUT2D eigenvalue weighted by molar-refractivity contribution is 0.334. The number of alkyl halides is 3. The van der Waals surface area contributed by atoms with E-state index in [9.17, 15) is 0 Å². The van der Waals surface area contributed by atoms with Crippen LogP contribution in [0.2, 0.25) is 0 Å². The van der Waals surface area contributed by atoms with Crippen LogP contribution in [0.4, 0.5) is 0 Å². The first-order chi connectivity index (χ1) is 5.55. The zero-order valence-electron chi connectivity index (χ0n) is 6.67. The monoisotopic (exact) mass is 225 g/mol. The third-order valence-corrected chi connectivity index (χ3v) is 2.41. The molecule has 0 aromatic rings. The zero-order chi connectivity index (χ0) is 9.19. The first-order valence-corrected chi connectivity index (χ1v) is 4.86. The normalized spacial score (nSPS) is 23.3. The molecule has 0 radical (unpaired) electrons. The topological polar surface area (TPSA) is 3.24 Å². The quantitative estimate of drug-likeness (QED) is 0.621. The van der Waals surface area contributed by atoms with Crippen molar-refractivity contribution in [3.8, 4) is 0 Å². The number of likely N-dealkylation sites (N-methyl/N-ethyl adjacent to an activating group) is 1. The minimum Gasteiger partial charge on any atom is -0.367 e. The predicted molar refractivity (Wildman–Crippen MR) is 54.7 cm³/mol. The molecule has 1 aliphatic rings. The van der Waals surface area contributed by atoms with Crippen LogP contribution in [0, 0.1) is 0 Å². The molecule has 1 unspecified atom stereocenters. The SMILES string of the molecule is CCN1C=CC=CC1C(Cl)(Cl)Cl. The Morgan fingerprint density at radius 2 is 2.00 bits per heavy atom. The van der Waals surface area contributed by atoms with Gasteiger partial charge < -0.3 is 4.90 Å². The minimum absolute atomic E-state index is 0.155. The van der Waals surface area contributed by atoms with Gasteiger partial charge in [0.2, 0.25) is 3.79 Å². The molecule has 0 N–H and O–H groups in total. The average molecular weight is 227 g/mol. The fraction of sp³-hybridized carbons (Fsp3) is 0.500. The number of halogens is 3. The zero-order valence-corrected chi connectivity index (χ0v) is 8.94. The molecule has 1 heterocycles. The summed E-state index contributed by atoms with van der Waals surface area (Å²) >= 11 is 17.4. The molecule has 0 aromatic carbocycles. The minimum atomic E-state index is -1.25. The fourth-order valence-corrected chi connectivity index (χ4v) is 1.73. The molecule has 1 atom stereocenters. The highest BCUT2D eigenvalue weighted by Crippen LogP contribution is 2.35. The van der Waals surface area contributed by atoms with Gasteiger partial charge in [0.1, 0.15) is 0 Å². The van der Waals surface area contributed by atoms with E-state index in [4.69, 9.17) is 34.8 Å². The second-order valence-corrected chi connectivity index (χ2v) is 4.91. The third-order valence-electron chi connectivity index (χ3n) is 1.74. The van der Waals surface area contributed by atoms with Crippen LogP contribution in [-0.2, 0) is 0 Å². The van der Waals surface area contributed by atoms with Crippen molar-refractivity contribution < 1.29 is 0 Å². The lowest BCUT2D eigenvalue weighted by atomic mass is 10.2. The second kappa shape index (κ2) is 3.91. The van der Waals surface area contributed by atoms with Crippen molar-refractivity contribution >= 4 is 34.8 Å². The van der Waals surface area contributed by atoms with Gasteiger partial charge in [0.25, 0.3) is 0 Å². The number of hydrogen-bond donors (Lipinski definition) is 0. The fourth-order valence-electron chi connectivity index (χ4n) is 1.13. The standard InChI is InChI=1S/C8H10Cl3N/c1-2-12-6-4-3-5-7(12)8(9,10)11/h3-7H,2H2,1H3. The van der Waals surface area contributed by atoms with Crippen molar-refractivity contribution in [2.24, 2.45) is 0 Å². The second-order valence-electron chi connectivity index (χ2n) is 2.54. The molecular weight excluding hydrogens is 216 g/mol. The molecule has 0 saturated carbocycles. The van der Waals surface area contributed by atoms with E-state index >= 15 is 0 Å². The Hall–Kier alpha value is 0.150. The van der Waals surface area contributed by atoms with Crippen LogP contribution in [0.15, 0.2) is 24.4 Å². The smallest absolute Gasteiger partial charge is 0.214 e. The Labute approximate surface area is 87.6 Å². The van der Waals surface area contributed by atoms with E-state index < -0.39 is 3.79 Å². The summed E-state index contributed by atoms with van der Waals surface area (Å²) in [6, 6.07) is -0.155. The molecule has 4 heteroatoms. The Balaban J connectivity index is 2.76. The predicted octanol–water partition coefficient (Wildman–Crippen LogP) is 3.13. The molecule has 68 valence electrons. The summed E-state index contributed by atoms with van der Waals surface area (Å²) in [5, 5.41) is 0. The van der Waals surface area contributed by atoms with Gasteiger partial charge in [-0.1, -0.05) is 47.0 Å². The highest BCUT2D eigenvalue weighted by Gasteiger charge is 2.34. The summed E-state index contributed by atoms with van der Waals surface area (Å²) in [7, 11) is 0. The molecule has 1 nitrogen and oxygen atoms in total. The van der Waals surface area contributed by atoms with E-state index in [0.717, 1.165) is 6.54 Å². The van der Waals surface area contributed by atoms with E-state index in [2.05, 4.69) is 0 Å². The number of allylic oxidation sites excluding steroid dienone is 2. The van der Waals surface area contributed by atoms with Gasteiger partial charge in [-0.15, -0.1) is 0 Å². The van der Waals surface area contributed by atoms with Gasteiger partial charge in [-0.05, 0) is 19.2 Å². The summed E-state index contributed by atoms with van der Waals surface area (Å²) < 4.78 is -1.25. The van der Waals surface area contributed by atoms with Crippen molar-refractivity contribution in [1.29, 1.82) is 0 Å². The summed E-state index contributed by atoms with van der Waals surface area (Å²) in [6.45, 7) is 2.85. The summed E-state index contributed by atoms with van der Waals surface area (Å²) in [6.07, 6.45) is 7.62. The van der Waals surface area contributed by atoms with E-state index in [0.29, 0.717) is 0 Å². The molecule has 0 spiro atoms. The molecule has 0 aromatic heterocycles. The number of nitrogens with zero attached hydrogens (tertiary/aromatic N) is 1. The Kier molecular flexibility index (Phi) is 3.33. The van der Waals surface area contributed by atoms with E-state index in [-0.39, 0.29) is 6.04 Å². The lowest BCUT2D eigenvalue weighted by Crippen LogP contribution is -2.40. The van der Waals surface area contributed by atoms with E-state index in [1.807, 2.05) is 36.3 Å². The van der Waals surface area contributed by atoms with Gasteiger partial charge in [0, 0.05) is 6.54 Å². The van der Waals surface area contributed by atoms with Crippen LogP contribution in [0.25, 0.3) is 0 Å². The van der Waals surface area contributed by atoms with Crippen molar-refractivity contribution in [2.75, 3.05) is 6.54 Å². The van der Waals surface area contributed by atoms with Crippen LogP contribution in [0.3, 0.4) is 0 Å². The molecule has 0 bridgehead atoms. The summed E-state index contributed by atoms with van der Waals surface area (Å²) in [4.78, 5) is 1.98. The van der Waals surface area contributed by atoms with Crippen molar-refractivity contribution in [3.05, 3.63) is 24.4 Å². The van der Waals surface area contributed by atoms with Gasteiger partial charge in [0.05, 0.1) is 6.04 Å². The lowest BCUT2D eigenvalue weighted by Gasteiger charge is -2.33. The maximum absolute atomic E-state index is 5.79. The Bertz CT molecular complexity index is 205.